The predicted octanol–water partition coefficient (Wildman–Crippen LogP) is 1.25. The highest BCUT2D eigenvalue weighted by molar-refractivity contribution is 7.91. The van der Waals surface area contributed by atoms with Crippen LogP contribution >= 0.6 is 0 Å². The fraction of sp³-hybridized carbons (Fsp3) is 1.00. The van der Waals surface area contributed by atoms with Crippen molar-refractivity contribution >= 4 is 9.84 Å². The minimum Gasteiger partial charge on any atom is -0.379 e. The second-order valence-electron chi connectivity index (χ2n) is 3.25. The van der Waals surface area contributed by atoms with E-state index < -0.39 is 9.84 Å². The molecule has 0 bridgehead atoms. The Morgan fingerprint density at radius 2 is 1.33 bits per heavy atom. The van der Waals surface area contributed by atoms with Crippen molar-refractivity contribution < 1.29 is 17.9 Å². The molecule has 1 saturated heterocycles. The molecule has 1 aliphatic heterocycles. The molecule has 0 atom stereocenters. The lowest BCUT2D eigenvalue weighted by atomic mass is 10.4. The van der Waals surface area contributed by atoms with Crippen LogP contribution in [-0.2, 0) is 19.3 Å². The molecule has 1 rings (SSSR count). The van der Waals surface area contributed by atoms with E-state index in [1.165, 1.54) is 0 Å². The zero-order valence-electron chi connectivity index (χ0n) is 9.70. The van der Waals surface area contributed by atoms with Crippen molar-refractivity contribution in [1.82, 2.24) is 0 Å². The highest BCUT2D eigenvalue weighted by Crippen LogP contribution is 2.08. The van der Waals surface area contributed by atoms with Crippen molar-refractivity contribution in [3.8, 4) is 0 Å². The maximum atomic E-state index is 10.4. The highest BCUT2D eigenvalue weighted by Gasteiger charge is 2.16. The minimum atomic E-state index is -2.55. The van der Waals surface area contributed by atoms with Crippen molar-refractivity contribution in [1.29, 1.82) is 0 Å². The highest BCUT2D eigenvalue weighted by atomic mass is 32.2. The molecule has 0 saturated carbocycles. The molecule has 0 aliphatic carbocycles. The zero-order valence-corrected chi connectivity index (χ0v) is 10.5. The molecule has 1 aliphatic rings. The SMILES string of the molecule is CCOCCOCC.O=S1(=O)CCCC1. The normalized spacial score (nSPS) is 18.3. The van der Waals surface area contributed by atoms with Gasteiger partial charge in [0.1, 0.15) is 9.84 Å². The summed E-state index contributed by atoms with van der Waals surface area (Å²) in [7, 11) is -2.55. The smallest absolute Gasteiger partial charge is 0.150 e. The third-order valence-corrected chi connectivity index (χ3v) is 3.76. The fourth-order valence-corrected chi connectivity index (χ4v) is 2.64. The van der Waals surface area contributed by atoms with Gasteiger partial charge in [0.05, 0.1) is 24.7 Å². The van der Waals surface area contributed by atoms with E-state index >= 15 is 0 Å². The Bertz CT molecular complexity index is 206. The summed E-state index contributed by atoms with van der Waals surface area (Å²) in [6, 6.07) is 0. The molecule has 5 heteroatoms. The van der Waals surface area contributed by atoms with E-state index in [4.69, 9.17) is 9.47 Å². The van der Waals surface area contributed by atoms with Crippen molar-refractivity contribution in [3.05, 3.63) is 0 Å². The van der Waals surface area contributed by atoms with Crippen LogP contribution in [0.4, 0.5) is 0 Å². The largest absolute Gasteiger partial charge is 0.379 e. The number of rotatable bonds is 5. The third kappa shape index (κ3) is 10.2. The predicted molar refractivity (Wildman–Crippen MR) is 60.9 cm³/mol. The quantitative estimate of drug-likeness (QED) is 0.677. The van der Waals surface area contributed by atoms with E-state index in [1.54, 1.807) is 0 Å². The third-order valence-electron chi connectivity index (χ3n) is 1.94. The molecule has 15 heavy (non-hydrogen) atoms. The van der Waals surface area contributed by atoms with E-state index in [2.05, 4.69) is 0 Å². The van der Waals surface area contributed by atoms with Gasteiger partial charge >= 0.3 is 0 Å². The average Bonchev–Trinajstić information content (AvgIpc) is 2.59. The van der Waals surface area contributed by atoms with Gasteiger partial charge in [0.15, 0.2) is 0 Å². The van der Waals surface area contributed by atoms with Crippen LogP contribution in [0.5, 0.6) is 0 Å². The Morgan fingerprint density at radius 3 is 1.53 bits per heavy atom. The van der Waals surface area contributed by atoms with Gasteiger partial charge < -0.3 is 9.47 Å². The van der Waals surface area contributed by atoms with E-state index in [1.807, 2.05) is 13.8 Å². The minimum absolute atomic E-state index is 0.424. The van der Waals surface area contributed by atoms with Crippen LogP contribution in [0.15, 0.2) is 0 Å². The van der Waals surface area contributed by atoms with Gasteiger partial charge in [-0.15, -0.1) is 0 Å². The van der Waals surface area contributed by atoms with Crippen molar-refractivity contribution in [2.75, 3.05) is 37.9 Å². The Hall–Kier alpha value is -0.130. The Labute approximate surface area is 92.9 Å². The first-order valence-corrected chi connectivity index (χ1v) is 7.30. The van der Waals surface area contributed by atoms with Crippen molar-refractivity contribution in [3.63, 3.8) is 0 Å². The topological polar surface area (TPSA) is 52.6 Å². The van der Waals surface area contributed by atoms with E-state index in [0.29, 0.717) is 11.5 Å². The first-order chi connectivity index (χ1) is 7.12. The van der Waals surface area contributed by atoms with Crippen molar-refractivity contribution in [2.24, 2.45) is 0 Å². The number of hydrogen-bond acceptors (Lipinski definition) is 4. The molecule has 0 aromatic heterocycles. The summed E-state index contributed by atoms with van der Waals surface area (Å²) in [4.78, 5) is 0. The number of sulfone groups is 1. The standard InChI is InChI=1S/C6H14O2.C4H8O2S/c1-3-7-5-6-8-4-2;5-7(6)3-1-2-4-7/h3-6H2,1-2H3;1-4H2. The van der Waals surface area contributed by atoms with Crippen LogP contribution in [0.25, 0.3) is 0 Å². The van der Waals surface area contributed by atoms with E-state index in [0.717, 1.165) is 39.3 Å². The Balaban J connectivity index is 0.000000262. The van der Waals surface area contributed by atoms with Crippen molar-refractivity contribution in [2.45, 2.75) is 26.7 Å². The van der Waals surface area contributed by atoms with Gasteiger partial charge in [0, 0.05) is 13.2 Å². The molecule has 1 heterocycles. The molecule has 0 unspecified atom stereocenters. The summed E-state index contributed by atoms with van der Waals surface area (Å²) < 4.78 is 30.9. The Morgan fingerprint density at radius 1 is 0.933 bits per heavy atom. The van der Waals surface area contributed by atoms with E-state index in [9.17, 15) is 8.42 Å². The molecule has 4 nitrogen and oxygen atoms in total. The summed E-state index contributed by atoms with van der Waals surface area (Å²) in [6.45, 7) is 6.98. The summed E-state index contributed by atoms with van der Waals surface area (Å²) >= 11 is 0. The van der Waals surface area contributed by atoms with Gasteiger partial charge in [-0.1, -0.05) is 0 Å². The summed E-state index contributed by atoms with van der Waals surface area (Å²) in [6.07, 6.45) is 1.75. The molecular weight excluding hydrogens is 216 g/mol. The maximum Gasteiger partial charge on any atom is 0.150 e. The molecular formula is C10H22O4S. The van der Waals surface area contributed by atoms with Gasteiger partial charge in [-0.25, -0.2) is 8.42 Å². The summed E-state index contributed by atoms with van der Waals surface area (Å²) in [5, 5.41) is 0. The molecule has 0 amide bonds. The lowest BCUT2D eigenvalue weighted by molar-refractivity contribution is 0.0584. The van der Waals surface area contributed by atoms with Crippen LogP contribution in [0.2, 0.25) is 0 Å². The van der Waals surface area contributed by atoms with Gasteiger partial charge in [-0.05, 0) is 26.7 Å². The average molecular weight is 238 g/mol. The molecule has 0 aromatic carbocycles. The fourth-order valence-electron chi connectivity index (χ4n) is 1.15. The Kier molecular flexibility index (Phi) is 9.04. The molecule has 0 N–H and O–H groups in total. The van der Waals surface area contributed by atoms with Gasteiger partial charge in [0.25, 0.3) is 0 Å². The lowest BCUT2D eigenvalue weighted by Gasteiger charge is -1.99. The molecule has 0 radical (unpaired) electrons. The monoisotopic (exact) mass is 238 g/mol. The second kappa shape index (κ2) is 9.12. The van der Waals surface area contributed by atoms with Crippen LogP contribution in [0.1, 0.15) is 26.7 Å². The second-order valence-corrected chi connectivity index (χ2v) is 5.56. The zero-order chi connectivity index (χ0) is 11.6. The van der Waals surface area contributed by atoms with Crippen LogP contribution in [0.3, 0.4) is 0 Å². The summed E-state index contributed by atoms with van der Waals surface area (Å²) in [5.41, 5.74) is 0. The van der Waals surface area contributed by atoms with Crippen LogP contribution in [-0.4, -0.2) is 46.4 Å². The van der Waals surface area contributed by atoms with Crippen LogP contribution in [0, 0.1) is 0 Å². The maximum absolute atomic E-state index is 10.4. The van der Waals surface area contributed by atoms with Gasteiger partial charge in [-0.2, -0.15) is 0 Å². The van der Waals surface area contributed by atoms with Gasteiger partial charge in [-0.3, -0.25) is 0 Å². The molecule has 0 aromatic rings. The first-order valence-electron chi connectivity index (χ1n) is 5.48. The van der Waals surface area contributed by atoms with Crippen LogP contribution < -0.4 is 0 Å². The molecule has 0 spiro atoms. The summed E-state index contributed by atoms with van der Waals surface area (Å²) in [5.74, 6) is 0.847. The molecule has 1 fully saturated rings. The lowest BCUT2D eigenvalue weighted by Crippen LogP contribution is -2.02. The van der Waals surface area contributed by atoms with Gasteiger partial charge in [0.2, 0.25) is 0 Å². The van der Waals surface area contributed by atoms with E-state index in [-0.39, 0.29) is 0 Å². The number of ether oxygens (including phenoxy) is 2. The first kappa shape index (κ1) is 14.9. The molecule has 92 valence electrons. The number of hydrogen-bond donors (Lipinski definition) is 0.